The Morgan fingerprint density at radius 2 is 2.32 bits per heavy atom. The van der Waals surface area contributed by atoms with Crippen molar-refractivity contribution in [2.45, 2.75) is 38.6 Å². The number of aromatic nitrogens is 1. The molecule has 1 unspecified atom stereocenters. The van der Waals surface area contributed by atoms with Crippen LogP contribution >= 0.6 is 11.3 Å². The predicted octanol–water partition coefficient (Wildman–Crippen LogP) is 2.01. The normalized spacial score (nSPS) is 19.3. The number of nitrogens with zero attached hydrogens (tertiary/aromatic N) is 2. The van der Waals surface area contributed by atoms with E-state index in [-0.39, 0.29) is 24.3 Å². The molecule has 1 amide bonds. The number of carbonyl (C=O) groups excluding carboxylic acids is 2. The number of methoxy groups -OCH3 is 1. The van der Waals surface area contributed by atoms with Gasteiger partial charge in [0.15, 0.2) is 0 Å². The molecule has 2 heterocycles. The first-order chi connectivity index (χ1) is 9.11. The molecule has 0 saturated carbocycles. The summed E-state index contributed by atoms with van der Waals surface area (Å²) in [5, 5.41) is 2.66. The summed E-state index contributed by atoms with van der Waals surface area (Å²) < 4.78 is 4.70. The minimum atomic E-state index is -0.265. The van der Waals surface area contributed by atoms with Crippen LogP contribution in [0, 0.1) is 6.92 Å². The summed E-state index contributed by atoms with van der Waals surface area (Å²) in [6.45, 7) is 2.57. The minimum absolute atomic E-state index is 0.0595. The molecule has 0 bridgehead atoms. The van der Waals surface area contributed by atoms with Crippen LogP contribution in [0.2, 0.25) is 0 Å². The average Bonchev–Trinajstić information content (AvgIpc) is 2.85. The van der Waals surface area contributed by atoms with Crippen molar-refractivity contribution in [2.24, 2.45) is 0 Å². The SMILES string of the molecule is COC(=O)CC1CCCCN1C(=O)c1csc(C)n1. The highest BCUT2D eigenvalue weighted by atomic mass is 32.1. The van der Waals surface area contributed by atoms with Crippen molar-refractivity contribution in [2.75, 3.05) is 13.7 Å². The second-order valence-electron chi connectivity index (χ2n) is 4.68. The Morgan fingerprint density at radius 3 is 2.95 bits per heavy atom. The molecule has 1 aliphatic rings. The zero-order valence-electron chi connectivity index (χ0n) is 11.2. The van der Waals surface area contributed by atoms with Crippen molar-refractivity contribution in [3.05, 3.63) is 16.1 Å². The number of hydrogen-bond acceptors (Lipinski definition) is 5. The second kappa shape index (κ2) is 6.14. The summed E-state index contributed by atoms with van der Waals surface area (Å²) in [5.74, 6) is -0.336. The lowest BCUT2D eigenvalue weighted by molar-refractivity contribution is -0.142. The van der Waals surface area contributed by atoms with E-state index in [0.29, 0.717) is 12.2 Å². The van der Waals surface area contributed by atoms with Gasteiger partial charge in [-0.1, -0.05) is 0 Å². The maximum Gasteiger partial charge on any atom is 0.307 e. The van der Waals surface area contributed by atoms with E-state index in [0.717, 1.165) is 24.3 Å². The standard InChI is InChI=1S/C13H18N2O3S/c1-9-14-11(8-19-9)13(17)15-6-4-3-5-10(15)7-12(16)18-2/h8,10H,3-7H2,1-2H3. The van der Waals surface area contributed by atoms with Gasteiger partial charge in [0, 0.05) is 18.0 Å². The smallest absolute Gasteiger partial charge is 0.307 e. The Balaban J connectivity index is 2.10. The van der Waals surface area contributed by atoms with Gasteiger partial charge in [0.25, 0.3) is 5.91 Å². The maximum absolute atomic E-state index is 12.4. The third-order valence-corrected chi connectivity index (χ3v) is 4.13. The number of rotatable bonds is 3. The van der Waals surface area contributed by atoms with Gasteiger partial charge in [0.1, 0.15) is 5.69 Å². The molecule has 0 aromatic carbocycles. The summed E-state index contributed by atoms with van der Waals surface area (Å²) in [6, 6.07) is -0.0595. The van der Waals surface area contributed by atoms with Crippen molar-refractivity contribution < 1.29 is 14.3 Å². The van der Waals surface area contributed by atoms with Crippen LogP contribution in [0.1, 0.15) is 41.2 Å². The molecule has 0 radical (unpaired) electrons. The lowest BCUT2D eigenvalue weighted by Crippen LogP contribution is -2.45. The van der Waals surface area contributed by atoms with Gasteiger partial charge in [-0.25, -0.2) is 4.98 Å². The molecule has 1 aromatic rings. The van der Waals surface area contributed by atoms with Crippen LogP contribution in [0.5, 0.6) is 0 Å². The molecule has 104 valence electrons. The molecule has 1 aromatic heterocycles. The van der Waals surface area contributed by atoms with Crippen LogP contribution in [-0.4, -0.2) is 41.5 Å². The van der Waals surface area contributed by atoms with Crippen molar-refractivity contribution in [1.82, 2.24) is 9.88 Å². The molecule has 0 N–H and O–H groups in total. The van der Waals surface area contributed by atoms with Gasteiger partial charge < -0.3 is 9.64 Å². The van der Waals surface area contributed by atoms with Gasteiger partial charge in [-0.05, 0) is 26.2 Å². The zero-order chi connectivity index (χ0) is 13.8. The van der Waals surface area contributed by atoms with Crippen LogP contribution in [0.3, 0.4) is 0 Å². The van der Waals surface area contributed by atoms with Gasteiger partial charge in [-0.3, -0.25) is 9.59 Å². The summed E-state index contributed by atoms with van der Waals surface area (Å²) >= 11 is 1.47. The van der Waals surface area contributed by atoms with Gasteiger partial charge in [-0.2, -0.15) is 0 Å². The molecule has 2 rings (SSSR count). The molecule has 0 spiro atoms. The zero-order valence-corrected chi connectivity index (χ0v) is 12.0. The highest BCUT2D eigenvalue weighted by molar-refractivity contribution is 7.09. The molecule has 1 aliphatic heterocycles. The Labute approximate surface area is 116 Å². The fourth-order valence-corrected chi connectivity index (χ4v) is 2.95. The van der Waals surface area contributed by atoms with Crippen molar-refractivity contribution in [3.63, 3.8) is 0 Å². The van der Waals surface area contributed by atoms with E-state index in [9.17, 15) is 9.59 Å². The number of thiazole rings is 1. The Kier molecular flexibility index (Phi) is 4.52. The summed E-state index contributed by atoms with van der Waals surface area (Å²) in [5.41, 5.74) is 0.485. The quantitative estimate of drug-likeness (QED) is 0.796. The number of esters is 1. The Bertz CT molecular complexity index is 472. The van der Waals surface area contributed by atoms with E-state index in [1.54, 1.807) is 10.3 Å². The Hall–Kier alpha value is -1.43. The van der Waals surface area contributed by atoms with Crippen LogP contribution in [0.4, 0.5) is 0 Å². The maximum atomic E-state index is 12.4. The fourth-order valence-electron chi connectivity index (χ4n) is 2.36. The van der Waals surface area contributed by atoms with Crippen LogP contribution in [0.15, 0.2) is 5.38 Å². The predicted molar refractivity (Wildman–Crippen MR) is 72.2 cm³/mol. The first-order valence-corrected chi connectivity index (χ1v) is 7.29. The number of amides is 1. The molecule has 1 fully saturated rings. The van der Waals surface area contributed by atoms with E-state index >= 15 is 0 Å². The molecular weight excluding hydrogens is 264 g/mol. The first-order valence-electron chi connectivity index (χ1n) is 6.41. The fraction of sp³-hybridized carbons (Fsp3) is 0.615. The summed E-state index contributed by atoms with van der Waals surface area (Å²) in [7, 11) is 1.38. The van der Waals surface area contributed by atoms with Crippen LogP contribution in [0.25, 0.3) is 0 Å². The largest absolute Gasteiger partial charge is 0.469 e. The minimum Gasteiger partial charge on any atom is -0.469 e. The number of aryl methyl sites for hydroxylation is 1. The van der Waals surface area contributed by atoms with E-state index in [4.69, 9.17) is 4.74 Å². The third-order valence-electron chi connectivity index (χ3n) is 3.36. The van der Waals surface area contributed by atoms with Crippen molar-refractivity contribution in [1.29, 1.82) is 0 Å². The van der Waals surface area contributed by atoms with E-state index in [1.807, 2.05) is 6.92 Å². The van der Waals surface area contributed by atoms with Gasteiger partial charge in [0.05, 0.1) is 18.5 Å². The molecule has 5 nitrogen and oxygen atoms in total. The lowest BCUT2D eigenvalue weighted by atomic mass is 9.99. The van der Waals surface area contributed by atoms with E-state index < -0.39 is 0 Å². The number of ether oxygens (including phenoxy) is 1. The van der Waals surface area contributed by atoms with Gasteiger partial charge in [-0.15, -0.1) is 11.3 Å². The van der Waals surface area contributed by atoms with E-state index in [1.165, 1.54) is 18.4 Å². The number of piperidine rings is 1. The van der Waals surface area contributed by atoms with Crippen LogP contribution in [-0.2, 0) is 9.53 Å². The number of carbonyl (C=O) groups is 2. The molecule has 6 heteroatoms. The summed E-state index contributed by atoms with van der Waals surface area (Å²) in [6.07, 6.45) is 3.14. The highest BCUT2D eigenvalue weighted by Gasteiger charge is 2.30. The number of hydrogen-bond donors (Lipinski definition) is 0. The molecule has 1 atom stereocenters. The monoisotopic (exact) mass is 282 g/mol. The molecule has 1 saturated heterocycles. The van der Waals surface area contributed by atoms with Crippen molar-refractivity contribution in [3.8, 4) is 0 Å². The number of likely N-dealkylation sites (tertiary alicyclic amines) is 1. The van der Waals surface area contributed by atoms with E-state index in [2.05, 4.69) is 4.98 Å². The second-order valence-corrected chi connectivity index (χ2v) is 5.74. The molecule has 19 heavy (non-hydrogen) atoms. The third kappa shape index (κ3) is 3.32. The Morgan fingerprint density at radius 1 is 1.53 bits per heavy atom. The molecule has 0 aliphatic carbocycles. The molecular formula is C13H18N2O3S. The average molecular weight is 282 g/mol. The topological polar surface area (TPSA) is 59.5 Å². The summed E-state index contributed by atoms with van der Waals surface area (Å²) in [4.78, 5) is 29.8. The lowest BCUT2D eigenvalue weighted by Gasteiger charge is -2.34. The van der Waals surface area contributed by atoms with Gasteiger partial charge >= 0.3 is 5.97 Å². The van der Waals surface area contributed by atoms with Crippen LogP contribution < -0.4 is 0 Å². The van der Waals surface area contributed by atoms with Crippen molar-refractivity contribution >= 4 is 23.2 Å². The first kappa shape index (κ1) is 14.0. The highest BCUT2D eigenvalue weighted by Crippen LogP contribution is 2.23. The van der Waals surface area contributed by atoms with Gasteiger partial charge in [0.2, 0.25) is 0 Å².